The molecule has 0 aromatic heterocycles. The Bertz CT molecular complexity index is 144. The van der Waals surface area contributed by atoms with Crippen molar-refractivity contribution in [2.45, 2.75) is 44.3 Å². The Kier molecular flexibility index (Phi) is 6.91. The van der Waals surface area contributed by atoms with E-state index in [2.05, 4.69) is 20.1 Å². The molecule has 0 aliphatic heterocycles. The van der Waals surface area contributed by atoms with E-state index in [1.807, 2.05) is 12.2 Å². The van der Waals surface area contributed by atoms with Crippen molar-refractivity contribution in [2.24, 2.45) is 0 Å². The van der Waals surface area contributed by atoms with Gasteiger partial charge in [0.15, 0.2) is 8.32 Å². The van der Waals surface area contributed by atoms with E-state index in [0.29, 0.717) is 0 Å². The zero-order chi connectivity index (χ0) is 10.2. The summed E-state index contributed by atoms with van der Waals surface area (Å²) >= 11 is 0. The molecule has 2 heteroatoms. The van der Waals surface area contributed by atoms with Gasteiger partial charge in [-0.05, 0) is 18.1 Å². The first kappa shape index (κ1) is 12.7. The molecule has 0 spiro atoms. The molecule has 0 heterocycles. The van der Waals surface area contributed by atoms with Gasteiger partial charge in [0.05, 0.1) is 0 Å². The SMILES string of the molecule is C=CC[Si](O)(CC=C)CCCCC. The van der Waals surface area contributed by atoms with Crippen molar-refractivity contribution in [3.8, 4) is 0 Å². The summed E-state index contributed by atoms with van der Waals surface area (Å²) in [5.74, 6) is 0. The van der Waals surface area contributed by atoms with E-state index in [4.69, 9.17) is 0 Å². The molecular formula is C11H22OSi. The lowest BCUT2D eigenvalue weighted by atomic mass is 10.3. The second-order valence-electron chi connectivity index (χ2n) is 3.67. The van der Waals surface area contributed by atoms with Crippen molar-refractivity contribution in [1.29, 1.82) is 0 Å². The summed E-state index contributed by atoms with van der Waals surface area (Å²) in [5.41, 5.74) is 0. The average molecular weight is 198 g/mol. The zero-order valence-electron chi connectivity index (χ0n) is 8.76. The van der Waals surface area contributed by atoms with Gasteiger partial charge in [0.1, 0.15) is 0 Å². The predicted octanol–water partition coefficient (Wildman–Crippen LogP) is 3.49. The molecule has 0 unspecified atom stereocenters. The highest BCUT2D eigenvalue weighted by molar-refractivity contribution is 6.73. The quantitative estimate of drug-likeness (QED) is 0.359. The van der Waals surface area contributed by atoms with Crippen LogP contribution in [0.3, 0.4) is 0 Å². The van der Waals surface area contributed by atoms with Gasteiger partial charge in [-0.25, -0.2) is 0 Å². The minimum atomic E-state index is -2.02. The van der Waals surface area contributed by atoms with Gasteiger partial charge in [0.25, 0.3) is 0 Å². The molecule has 0 aliphatic rings. The standard InChI is InChI=1S/C11H22OSi/c1-4-7-8-11-13(12,9-5-2)10-6-3/h5-6,12H,2-4,7-11H2,1H3. The van der Waals surface area contributed by atoms with Crippen molar-refractivity contribution < 1.29 is 4.80 Å². The second-order valence-corrected chi connectivity index (χ2v) is 7.43. The average Bonchev–Trinajstić information content (AvgIpc) is 2.05. The number of hydrogen-bond donors (Lipinski definition) is 1. The van der Waals surface area contributed by atoms with Gasteiger partial charge in [-0.15, -0.1) is 13.2 Å². The van der Waals surface area contributed by atoms with E-state index in [0.717, 1.165) is 24.6 Å². The van der Waals surface area contributed by atoms with Crippen LogP contribution in [0.15, 0.2) is 25.3 Å². The molecule has 0 aliphatic carbocycles. The van der Waals surface area contributed by atoms with Gasteiger partial charge in [-0.3, -0.25) is 0 Å². The Labute approximate surface area is 83.3 Å². The van der Waals surface area contributed by atoms with E-state index < -0.39 is 8.32 Å². The van der Waals surface area contributed by atoms with Crippen molar-refractivity contribution in [1.82, 2.24) is 0 Å². The zero-order valence-corrected chi connectivity index (χ0v) is 9.76. The second kappa shape index (κ2) is 7.10. The summed E-state index contributed by atoms with van der Waals surface area (Å²) < 4.78 is 0. The maximum atomic E-state index is 10.2. The minimum absolute atomic E-state index is 0.808. The van der Waals surface area contributed by atoms with Crippen molar-refractivity contribution >= 4 is 8.32 Å². The fraction of sp³-hybridized carbons (Fsp3) is 0.636. The first-order chi connectivity index (χ1) is 6.18. The Balaban J connectivity index is 3.90. The Morgan fingerprint density at radius 2 is 1.69 bits per heavy atom. The molecule has 0 fully saturated rings. The molecule has 0 radical (unpaired) electrons. The molecule has 1 nitrogen and oxygen atoms in total. The summed E-state index contributed by atoms with van der Waals surface area (Å²) in [6, 6.07) is 2.62. The van der Waals surface area contributed by atoms with E-state index in [-0.39, 0.29) is 0 Å². The van der Waals surface area contributed by atoms with Crippen LogP contribution >= 0.6 is 0 Å². The molecule has 0 saturated heterocycles. The van der Waals surface area contributed by atoms with Gasteiger partial charge in [0.2, 0.25) is 0 Å². The molecule has 0 amide bonds. The first-order valence-electron chi connectivity index (χ1n) is 5.12. The molecule has 0 saturated carbocycles. The van der Waals surface area contributed by atoms with Crippen molar-refractivity contribution in [2.75, 3.05) is 0 Å². The summed E-state index contributed by atoms with van der Waals surface area (Å²) in [5, 5.41) is 0. The lowest BCUT2D eigenvalue weighted by Crippen LogP contribution is -2.32. The molecule has 1 N–H and O–H groups in total. The topological polar surface area (TPSA) is 20.2 Å². The highest BCUT2D eigenvalue weighted by atomic mass is 28.4. The van der Waals surface area contributed by atoms with Gasteiger partial charge in [-0.1, -0.05) is 38.3 Å². The Hall–Kier alpha value is -0.343. The minimum Gasteiger partial charge on any atom is -0.431 e. The van der Waals surface area contributed by atoms with E-state index in [9.17, 15) is 4.80 Å². The lowest BCUT2D eigenvalue weighted by Gasteiger charge is -2.21. The number of unbranched alkanes of at least 4 members (excludes halogenated alkanes) is 2. The van der Waals surface area contributed by atoms with Crippen molar-refractivity contribution in [3.63, 3.8) is 0 Å². The molecule has 13 heavy (non-hydrogen) atoms. The van der Waals surface area contributed by atoms with Crippen LogP contribution in [0.2, 0.25) is 18.1 Å². The van der Waals surface area contributed by atoms with Gasteiger partial charge < -0.3 is 4.80 Å². The maximum absolute atomic E-state index is 10.2. The molecule has 0 aromatic carbocycles. The summed E-state index contributed by atoms with van der Waals surface area (Å²) in [6.07, 6.45) is 7.29. The van der Waals surface area contributed by atoms with Crippen LogP contribution in [0.5, 0.6) is 0 Å². The molecule has 76 valence electrons. The predicted molar refractivity (Wildman–Crippen MR) is 62.3 cm³/mol. The molecule has 0 aromatic rings. The summed E-state index contributed by atoms with van der Waals surface area (Å²) in [4.78, 5) is 10.2. The molecule has 0 atom stereocenters. The van der Waals surface area contributed by atoms with Crippen LogP contribution in [0, 0.1) is 0 Å². The van der Waals surface area contributed by atoms with E-state index >= 15 is 0 Å². The van der Waals surface area contributed by atoms with E-state index in [1.165, 1.54) is 12.8 Å². The largest absolute Gasteiger partial charge is 0.431 e. The van der Waals surface area contributed by atoms with Crippen LogP contribution in [0.25, 0.3) is 0 Å². The monoisotopic (exact) mass is 198 g/mol. The highest BCUT2D eigenvalue weighted by Gasteiger charge is 2.26. The number of rotatable bonds is 8. The third kappa shape index (κ3) is 5.83. The fourth-order valence-corrected chi connectivity index (χ4v) is 4.09. The van der Waals surface area contributed by atoms with Gasteiger partial charge in [-0.2, -0.15) is 0 Å². The van der Waals surface area contributed by atoms with Crippen LogP contribution in [0.4, 0.5) is 0 Å². The third-order valence-electron chi connectivity index (χ3n) is 2.29. The fourth-order valence-electron chi connectivity index (χ4n) is 1.53. The molecule has 0 rings (SSSR count). The van der Waals surface area contributed by atoms with E-state index in [1.54, 1.807) is 0 Å². The Morgan fingerprint density at radius 3 is 2.08 bits per heavy atom. The number of allylic oxidation sites excluding steroid dienone is 2. The Morgan fingerprint density at radius 1 is 1.15 bits per heavy atom. The normalized spacial score (nSPS) is 11.2. The van der Waals surface area contributed by atoms with Crippen LogP contribution in [-0.2, 0) is 0 Å². The molecule has 0 bridgehead atoms. The van der Waals surface area contributed by atoms with Gasteiger partial charge in [0, 0.05) is 0 Å². The third-order valence-corrected chi connectivity index (χ3v) is 5.68. The first-order valence-corrected chi connectivity index (χ1v) is 7.69. The summed E-state index contributed by atoms with van der Waals surface area (Å²) in [7, 11) is -2.02. The lowest BCUT2D eigenvalue weighted by molar-refractivity contribution is 0.528. The van der Waals surface area contributed by atoms with Crippen LogP contribution in [-0.4, -0.2) is 13.1 Å². The van der Waals surface area contributed by atoms with Crippen LogP contribution in [0.1, 0.15) is 26.2 Å². The van der Waals surface area contributed by atoms with Crippen molar-refractivity contribution in [3.05, 3.63) is 25.3 Å². The maximum Gasteiger partial charge on any atom is 0.195 e. The van der Waals surface area contributed by atoms with Gasteiger partial charge >= 0.3 is 0 Å². The highest BCUT2D eigenvalue weighted by Crippen LogP contribution is 2.21. The number of hydrogen-bond acceptors (Lipinski definition) is 1. The smallest absolute Gasteiger partial charge is 0.195 e. The summed E-state index contributed by atoms with van der Waals surface area (Å²) in [6.45, 7) is 9.58. The van der Waals surface area contributed by atoms with Crippen LogP contribution < -0.4 is 0 Å². The molecular weight excluding hydrogens is 176 g/mol.